The number of hydrogen-bond acceptors (Lipinski definition) is 6. The zero-order chi connectivity index (χ0) is 20.7. The zero-order valence-corrected chi connectivity index (χ0v) is 18.6. The van der Waals surface area contributed by atoms with Gasteiger partial charge in [0.2, 0.25) is 0 Å². The number of aromatic hydroxyl groups is 1. The third kappa shape index (κ3) is 3.72. The maximum Gasteiger partial charge on any atom is 0.187 e. The van der Waals surface area contributed by atoms with E-state index < -0.39 is 0 Å². The summed E-state index contributed by atoms with van der Waals surface area (Å²) in [6.07, 6.45) is 2.64. The van der Waals surface area contributed by atoms with Crippen LogP contribution in [0.5, 0.6) is 5.75 Å². The molecule has 7 heteroatoms. The van der Waals surface area contributed by atoms with Gasteiger partial charge in [0.15, 0.2) is 5.82 Å². The minimum atomic E-state index is 0.316. The number of benzene rings is 1. The summed E-state index contributed by atoms with van der Waals surface area (Å²) in [6, 6.07) is 7.52. The number of phenols is 1. The Bertz CT molecular complexity index is 1030. The molecule has 5 rings (SSSR count). The third-order valence-electron chi connectivity index (χ3n) is 6.57. The van der Waals surface area contributed by atoms with Gasteiger partial charge in [-0.25, -0.2) is 9.97 Å². The lowest BCUT2D eigenvalue weighted by atomic mass is 10.2. The Hall–Kier alpha value is -2.38. The average Bonchev–Trinajstić information content (AvgIpc) is 3.36. The first-order valence-corrected chi connectivity index (χ1v) is 11.8. The summed E-state index contributed by atoms with van der Waals surface area (Å²) < 4.78 is 0. The van der Waals surface area contributed by atoms with Gasteiger partial charge in [-0.05, 0) is 43.7 Å². The first kappa shape index (κ1) is 19.6. The van der Waals surface area contributed by atoms with Crippen LogP contribution in [0.4, 0.5) is 11.5 Å². The molecule has 2 N–H and O–H groups in total. The van der Waals surface area contributed by atoms with Gasteiger partial charge in [-0.15, -0.1) is 11.3 Å². The molecule has 2 aliphatic rings. The van der Waals surface area contributed by atoms with Crippen molar-refractivity contribution in [2.24, 2.45) is 0 Å². The first-order chi connectivity index (χ1) is 14.6. The second kappa shape index (κ2) is 8.04. The number of aryl methyl sites for hydroxylation is 2. The molecule has 0 bridgehead atoms. The summed E-state index contributed by atoms with van der Waals surface area (Å²) in [5.74, 6) is 2.44. The second-order valence-corrected chi connectivity index (χ2v) is 9.75. The number of aromatic nitrogens is 2. The molecule has 2 saturated heterocycles. The normalized spacial score (nSPS) is 17.9. The van der Waals surface area contributed by atoms with E-state index in [2.05, 4.69) is 23.6 Å². The highest BCUT2D eigenvalue weighted by atomic mass is 32.1. The number of nitrogens with zero attached hydrogens (tertiary/aromatic N) is 4. The Morgan fingerprint density at radius 2 is 1.63 bits per heavy atom. The highest BCUT2D eigenvalue weighted by Crippen LogP contribution is 2.35. The highest BCUT2D eigenvalue weighted by Gasteiger charge is 2.25. The number of quaternary nitrogens is 1. The van der Waals surface area contributed by atoms with E-state index in [1.807, 2.05) is 12.1 Å². The number of piperazine rings is 1. The highest BCUT2D eigenvalue weighted by molar-refractivity contribution is 7.18. The topological polar surface area (TPSA) is 56.9 Å². The summed E-state index contributed by atoms with van der Waals surface area (Å²) in [4.78, 5) is 19.0. The number of thiophene rings is 1. The fourth-order valence-corrected chi connectivity index (χ4v) is 5.74. The largest absolute Gasteiger partial charge is 0.508 e. The summed E-state index contributed by atoms with van der Waals surface area (Å²) >= 11 is 1.81. The van der Waals surface area contributed by atoms with Gasteiger partial charge in [-0.2, -0.15) is 0 Å². The number of phenolic OH excluding ortho intramolecular Hbond substituents is 1. The SMILES string of the molecule is Cc1sc2nc(C[NH+]3CCCC3)nc(N3CCN(c4ccc(O)cc4)CC3)c2c1C. The van der Waals surface area contributed by atoms with Crippen LogP contribution in [0.3, 0.4) is 0 Å². The van der Waals surface area contributed by atoms with Gasteiger partial charge in [0.05, 0.1) is 18.5 Å². The smallest absolute Gasteiger partial charge is 0.187 e. The summed E-state index contributed by atoms with van der Waals surface area (Å²) in [5.41, 5.74) is 2.49. The Kier molecular flexibility index (Phi) is 5.25. The van der Waals surface area contributed by atoms with Gasteiger partial charge < -0.3 is 19.8 Å². The van der Waals surface area contributed by atoms with Crippen molar-refractivity contribution in [3.05, 3.63) is 40.5 Å². The van der Waals surface area contributed by atoms with Crippen molar-refractivity contribution in [3.63, 3.8) is 0 Å². The summed E-state index contributed by atoms with van der Waals surface area (Å²) in [6.45, 7) is 11.6. The van der Waals surface area contributed by atoms with Crippen molar-refractivity contribution >= 4 is 33.1 Å². The lowest BCUT2D eigenvalue weighted by Crippen LogP contribution is -3.08. The summed E-state index contributed by atoms with van der Waals surface area (Å²) in [5, 5.41) is 10.8. The van der Waals surface area contributed by atoms with Crippen LogP contribution in [0, 0.1) is 13.8 Å². The molecule has 3 aromatic rings. The Morgan fingerprint density at radius 1 is 0.967 bits per heavy atom. The van der Waals surface area contributed by atoms with Gasteiger partial charge in [-0.1, -0.05) is 0 Å². The molecule has 2 aliphatic heterocycles. The fraction of sp³-hybridized carbons (Fsp3) is 0.478. The van der Waals surface area contributed by atoms with Gasteiger partial charge >= 0.3 is 0 Å². The Morgan fingerprint density at radius 3 is 2.33 bits per heavy atom. The number of hydrogen-bond donors (Lipinski definition) is 2. The number of likely N-dealkylation sites (tertiary alicyclic amines) is 1. The van der Waals surface area contributed by atoms with E-state index in [1.165, 1.54) is 47.4 Å². The molecule has 2 fully saturated rings. The van der Waals surface area contributed by atoms with Crippen LogP contribution < -0.4 is 14.7 Å². The van der Waals surface area contributed by atoms with Crippen LogP contribution in [-0.4, -0.2) is 54.3 Å². The van der Waals surface area contributed by atoms with E-state index in [9.17, 15) is 5.11 Å². The van der Waals surface area contributed by atoms with Crippen molar-refractivity contribution < 1.29 is 10.0 Å². The fourth-order valence-electron chi connectivity index (χ4n) is 4.69. The minimum absolute atomic E-state index is 0.316. The quantitative estimate of drug-likeness (QED) is 0.674. The first-order valence-electron chi connectivity index (χ1n) is 11.0. The Labute approximate surface area is 181 Å². The van der Waals surface area contributed by atoms with E-state index in [1.54, 1.807) is 28.4 Å². The van der Waals surface area contributed by atoms with Crippen LogP contribution in [0.25, 0.3) is 10.2 Å². The number of fused-ring (bicyclic) bond motifs is 1. The molecule has 0 radical (unpaired) electrons. The van der Waals surface area contributed by atoms with Crippen LogP contribution >= 0.6 is 11.3 Å². The molecular formula is C23H30N5OS+. The standard InChI is InChI=1S/C23H29N5OS/c1-16-17(2)30-23-21(16)22(24-20(25-23)15-26-9-3-4-10-26)28-13-11-27(12-14-28)18-5-7-19(29)8-6-18/h5-8,29H,3-4,9-15H2,1-2H3/p+1. The molecule has 0 amide bonds. The molecule has 2 aromatic heterocycles. The van der Waals surface area contributed by atoms with Gasteiger partial charge in [0.25, 0.3) is 0 Å². The Balaban J connectivity index is 1.42. The number of nitrogens with one attached hydrogen (secondary N) is 1. The second-order valence-electron chi connectivity index (χ2n) is 8.55. The zero-order valence-electron chi connectivity index (χ0n) is 17.8. The van der Waals surface area contributed by atoms with Crippen molar-refractivity contribution in [3.8, 4) is 5.75 Å². The number of rotatable bonds is 4. The van der Waals surface area contributed by atoms with E-state index in [0.29, 0.717) is 5.75 Å². The molecule has 1 aromatic carbocycles. The van der Waals surface area contributed by atoms with Gasteiger partial charge in [0, 0.05) is 49.6 Å². The van der Waals surface area contributed by atoms with E-state index in [4.69, 9.17) is 9.97 Å². The van der Waals surface area contributed by atoms with Crippen molar-refractivity contribution in [1.82, 2.24) is 9.97 Å². The van der Waals surface area contributed by atoms with E-state index >= 15 is 0 Å². The van der Waals surface area contributed by atoms with Crippen LogP contribution in [0.1, 0.15) is 29.1 Å². The van der Waals surface area contributed by atoms with Crippen LogP contribution in [0.2, 0.25) is 0 Å². The minimum Gasteiger partial charge on any atom is -0.508 e. The van der Waals surface area contributed by atoms with Crippen molar-refractivity contribution in [1.29, 1.82) is 0 Å². The average molecular weight is 425 g/mol. The molecule has 30 heavy (non-hydrogen) atoms. The molecule has 0 atom stereocenters. The van der Waals surface area contributed by atoms with Gasteiger partial charge in [-0.3, -0.25) is 0 Å². The molecule has 0 unspecified atom stereocenters. The third-order valence-corrected chi connectivity index (χ3v) is 7.67. The maximum atomic E-state index is 9.56. The number of anilines is 2. The lowest BCUT2D eigenvalue weighted by molar-refractivity contribution is -0.902. The maximum absolute atomic E-state index is 9.56. The predicted molar refractivity (Wildman–Crippen MR) is 123 cm³/mol. The monoisotopic (exact) mass is 424 g/mol. The molecule has 0 aliphatic carbocycles. The van der Waals surface area contributed by atoms with Crippen LogP contribution in [0.15, 0.2) is 24.3 Å². The van der Waals surface area contributed by atoms with Crippen molar-refractivity contribution in [2.45, 2.75) is 33.2 Å². The summed E-state index contributed by atoms with van der Waals surface area (Å²) in [7, 11) is 0. The molecule has 0 spiro atoms. The molecule has 158 valence electrons. The van der Waals surface area contributed by atoms with Crippen LogP contribution in [-0.2, 0) is 6.54 Å². The molecule has 0 saturated carbocycles. The molecular weight excluding hydrogens is 394 g/mol. The van der Waals surface area contributed by atoms with E-state index in [-0.39, 0.29) is 0 Å². The predicted octanol–water partition coefficient (Wildman–Crippen LogP) is 2.52. The lowest BCUT2D eigenvalue weighted by Gasteiger charge is -2.37. The van der Waals surface area contributed by atoms with Crippen molar-refractivity contribution in [2.75, 3.05) is 49.1 Å². The molecule has 4 heterocycles. The molecule has 6 nitrogen and oxygen atoms in total. The van der Waals surface area contributed by atoms with Gasteiger partial charge in [0.1, 0.15) is 22.9 Å². The van der Waals surface area contributed by atoms with E-state index in [0.717, 1.165) is 49.2 Å².